The minimum Gasteiger partial charge on any atom is -0.460 e. The highest BCUT2D eigenvalue weighted by molar-refractivity contribution is 5.86. The van der Waals surface area contributed by atoms with Crippen molar-refractivity contribution in [3.8, 4) is 0 Å². The number of carbonyl (C=O) groups excluding carboxylic acids is 1. The zero-order valence-electron chi connectivity index (χ0n) is 15.7. The Labute approximate surface area is 155 Å². The van der Waals surface area contributed by atoms with E-state index in [0.717, 1.165) is 22.5 Å². The van der Waals surface area contributed by atoms with Gasteiger partial charge in [-0.25, -0.2) is 5.06 Å². The smallest absolute Gasteiger partial charge is 0.310 e. The summed E-state index contributed by atoms with van der Waals surface area (Å²) in [5.74, 6) is -0.244. The summed E-state index contributed by atoms with van der Waals surface area (Å²) in [6.45, 7) is 7.60. The van der Waals surface area contributed by atoms with E-state index in [1.807, 2.05) is 93.4 Å². The maximum absolute atomic E-state index is 12.4. The molecule has 0 saturated heterocycles. The van der Waals surface area contributed by atoms with E-state index >= 15 is 0 Å². The summed E-state index contributed by atoms with van der Waals surface area (Å²) < 4.78 is 5.53. The van der Waals surface area contributed by atoms with Crippen LogP contribution in [0.3, 0.4) is 0 Å². The maximum Gasteiger partial charge on any atom is 0.310 e. The van der Waals surface area contributed by atoms with Crippen molar-refractivity contribution in [2.24, 2.45) is 0 Å². The molecule has 2 aromatic carbocycles. The molecule has 1 heterocycles. The monoisotopic (exact) mass is 351 g/mol. The molecule has 1 aliphatic heterocycles. The van der Waals surface area contributed by atoms with Crippen LogP contribution in [0.2, 0.25) is 0 Å². The van der Waals surface area contributed by atoms with Crippen molar-refractivity contribution in [3.05, 3.63) is 71.8 Å². The average Bonchev–Trinajstić information content (AvgIpc) is 2.91. The molecular weight excluding hydrogens is 326 g/mol. The molecule has 26 heavy (non-hydrogen) atoms. The Hall–Kier alpha value is -2.59. The summed E-state index contributed by atoms with van der Waals surface area (Å²) in [4.78, 5) is 18.6. The lowest BCUT2D eigenvalue weighted by molar-refractivity contribution is -0.154. The number of benzene rings is 2. The van der Waals surface area contributed by atoms with Crippen molar-refractivity contribution in [2.75, 3.05) is 5.06 Å². The van der Waals surface area contributed by atoms with Crippen molar-refractivity contribution in [2.45, 2.75) is 45.8 Å². The number of rotatable bonds is 4. The fourth-order valence-electron chi connectivity index (χ4n) is 3.01. The van der Waals surface area contributed by atoms with E-state index in [1.54, 1.807) is 0 Å². The van der Waals surface area contributed by atoms with Crippen molar-refractivity contribution < 1.29 is 14.4 Å². The van der Waals surface area contributed by atoms with Crippen LogP contribution in [0.5, 0.6) is 0 Å². The third kappa shape index (κ3) is 4.14. The summed E-state index contributed by atoms with van der Waals surface area (Å²) in [7, 11) is 0. The molecule has 0 aromatic heterocycles. The normalized spacial score (nSPS) is 17.5. The van der Waals surface area contributed by atoms with Crippen LogP contribution in [0, 0.1) is 0 Å². The first kappa shape index (κ1) is 18.2. The quantitative estimate of drug-likeness (QED) is 0.729. The second-order valence-electron chi connectivity index (χ2n) is 7.38. The number of ether oxygens (including phenoxy) is 1. The third-order valence-corrected chi connectivity index (χ3v) is 4.05. The summed E-state index contributed by atoms with van der Waals surface area (Å²) in [6, 6.07) is 19.9. The highest BCUT2D eigenvalue weighted by atomic mass is 16.7. The molecule has 1 aliphatic rings. The SMILES string of the molecule is C[C@H]1ON(c2ccccc2)C(c2ccccc2)=C1CC(=O)OC(C)(C)C. The molecule has 0 spiro atoms. The average molecular weight is 351 g/mol. The summed E-state index contributed by atoms with van der Waals surface area (Å²) in [5.41, 5.74) is 3.27. The van der Waals surface area contributed by atoms with Crippen LogP contribution in [-0.2, 0) is 14.4 Å². The van der Waals surface area contributed by atoms with Gasteiger partial charge in [-0.15, -0.1) is 0 Å². The van der Waals surface area contributed by atoms with Crippen LogP contribution >= 0.6 is 0 Å². The van der Waals surface area contributed by atoms with Gasteiger partial charge in [0.05, 0.1) is 17.8 Å². The zero-order valence-corrected chi connectivity index (χ0v) is 15.7. The highest BCUT2D eigenvalue weighted by Crippen LogP contribution is 2.39. The predicted octanol–water partition coefficient (Wildman–Crippen LogP) is 4.97. The van der Waals surface area contributed by atoms with Gasteiger partial charge in [0.15, 0.2) is 0 Å². The maximum atomic E-state index is 12.4. The largest absolute Gasteiger partial charge is 0.460 e. The molecule has 0 unspecified atom stereocenters. The topological polar surface area (TPSA) is 38.8 Å². The molecule has 0 radical (unpaired) electrons. The van der Waals surface area contributed by atoms with E-state index in [9.17, 15) is 4.79 Å². The number of carbonyl (C=O) groups is 1. The van der Waals surface area contributed by atoms with Gasteiger partial charge in [0.2, 0.25) is 0 Å². The van der Waals surface area contributed by atoms with Crippen molar-refractivity contribution in [1.29, 1.82) is 0 Å². The summed E-state index contributed by atoms with van der Waals surface area (Å²) in [6.07, 6.45) is -0.00985. The highest BCUT2D eigenvalue weighted by Gasteiger charge is 2.34. The molecule has 4 heteroatoms. The lowest BCUT2D eigenvalue weighted by atomic mass is 10.0. The molecular formula is C22H25NO3. The minimum absolute atomic E-state index is 0.200. The van der Waals surface area contributed by atoms with Crippen LogP contribution in [0.15, 0.2) is 66.2 Å². The van der Waals surface area contributed by atoms with E-state index < -0.39 is 5.60 Å². The van der Waals surface area contributed by atoms with Gasteiger partial charge in [0.1, 0.15) is 11.7 Å². The summed E-state index contributed by atoms with van der Waals surface area (Å²) in [5, 5.41) is 1.82. The molecule has 1 atom stereocenters. The van der Waals surface area contributed by atoms with Gasteiger partial charge < -0.3 is 4.74 Å². The first-order valence-electron chi connectivity index (χ1n) is 8.87. The van der Waals surface area contributed by atoms with Crippen LogP contribution in [-0.4, -0.2) is 17.7 Å². The van der Waals surface area contributed by atoms with E-state index in [-0.39, 0.29) is 18.5 Å². The second-order valence-corrected chi connectivity index (χ2v) is 7.38. The Morgan fingerprint density at radius 3 is 2.19 bits per heavy atom. The fraction of sp³-hybridized carbons (Fsp3) is 0.318. The van der Waals surface area contributed by atoms with E-state index in [1.165, 1.54) is 0 Å². The van der Waals surface area contributed by atoms with Crippen molar-refractivity contribution in [3.63, 3.8) is 0 Å². The van der Waals surface area contributed by atoms with Gasteiger partial charge in [-0.3, -0.25) is 9.63 Å². The summed E-state index contributed by atoms with van der Waals surface area (Å²) >= 11 is 0. The molecule has 0 saturated carbocycles. The first-order valence-corrected chi connectivity index (χ1v) is 8.87. The van der Waals surface area contributed by atoms with E-state index in [2.05, 4.69) is 0 Å². The fourth-order valence-corrected chi connectivity index (χ4v) is 3.01. The van der Waals surface area contributed by atoms with Gasteiger partial charge >= 0.3 is 5.97 Å². The minimum atomic E-state index is -0.508. The molecule has 136 valence electrons. The predicted molar refractivity (Wildman–Crippen MR) is 103 cm³/mol. The Kier molecular flexibility index (Phi) is 5.14. The molecule has 2 aromatic rings. The second kappa shape index (κ2) is 7.34. The Morgan fingerprint density at radius 2 is 1.62 bits per heavy atom. The Morgan fingerprint density at radius 1 is 1.04 bits per heavy atom. The number of hydrogen-bond donors (Lipinski definition) is 0. The van der Waals surface area contributed by atoms with Gasteiger partial charge in [-0.05, 0) is 45.4 Å². The van der Waals surface area contributed by atoms with E-state index in [0.29, 0.717) is 0 Å². The number of hydrogen-bond acceptors (Lipinski definition) is 4. The molecule has 3 rings (SSSR count). The number of esters is 1. The van der Waals surface area contributed by atoms with Crippen LogP contribution < -0.4 is 5.06 Å². The Bertz CT molecular complexity index is 791. The van der Waals surface area contributed by atoms with Gasteiger partial charge in [-0.1, -0.05) is 48.5 Å². The molecule has 0 amide bonds. The number of hydroxylamine groups is 1. The van der Waals surface area contributed by atoms with Gasteiger partial charge in [-0.2, -0.15) is 0 Å². The first-order chi connectivity index (χ1) is 12.3. The van der Waals surface area contributed by atoms with Crippen LogP contribution in [0.1, 0.15) is 39.7 Å². The molecule has 0 bridgehead atoms. The van der Waals surface area contributed by atoms with Crippen molar-refractivity contribution >= 4 is 17.4 Å². The number of anilines is 1. The van der Waals surface area contributed by atoms with Gasteiger partial charge in [0, 0.05) is 5.56 Å². The van der Waals surface area contributed by atoms with Crippen LogP contribution in [0.4, 0.5) is 5.69 Å². The van der Waals surface area contributed by atoms with Gasteiger partial charge in [0.25, 0.3) is 0 Å². The van der Waals surface area contributed by atoms with E-state index in [4.69, 9.17) is 9.57 Å². The molecule has 0 fully saturated rings. The lowest BCUT2D eigenvalue weighted by Gasteiger charge is -2.22. The standard InChI is InChI=1S/C22H25NO3/c1-16-19(15-20(24)25-22(2,3)4)21(17-11-7-5-8-12-17)23(26-16)18-13-9-6-10-14-18/h5-14,16H,15H2,1-4H3/t16-/m1/s1. The third-order valence-electron chi connectivity index (χ3n) is 4.05. The molecule has 0 aliphatic carbocycles. The molecule has 4 nitrogen and oxygen atoms in total. The zero-order chi connectivity index (χ0) is 18.7. The molecule has 0 N–H and O–H groups in total. The Balaban J connectivity index is 2.01. The number of nitrogens with zero attached hydrogens (tertiary/aromatic N) is 1. The van der Waals surface area contributed by atoms with Crippen molar-refractivity contribution in [1.82, 2.24) is 0 Å². The number of para-hydroxylation sites is 1. The van der Waals surface area contributed by atoms with Crippen LogP contribution in [0.25, 0.3) is 5.70 Å². The lowest BCUT2D eigenvalue weighted by Crippen LogP contribution is -2.24.